The van der Waals surface area contributed by atoms with Crippen molar-refractivity contribution in [3.8, 4) is 0 Å². The average Bonchev–Trinajstić information content (AvgIpc) is 3.33. The number of rotatable bonds is 11. The van der Waals surface area contributed by atoms with Crippen LogP contribution in [0.1, 0.15) is 90.9 Å². The summed E-state index contributed by atoms with van der Waals surface area (Å²) in [4.78, 5) is 2.74. The molecule has 2 nitrogen and oxygen atoms in total. The maximum Gasteiger partial charge on any atom is 0.00964 e. The molecule has 1 aliphatic heterocycles. The van der Waals surface area contributed by atoms with Gasteiger partial charge in [-0.3, -0.25) is 0 Å². The van der Waals surface area contributed by atoms with Gasteiger partial charge in [0, 0.05) is 18.1 Å². The Morgan fingerprint density at radius 3 is 1.90 bits per heavy atom. The highest BCUT2D eigenvalue weighted by Gasteiger charge is 2.32. The summed E-state index contributed by atoms with van der Waals surface area (Å²) in [6.07, 6.45) is 16.9. The molecule has 1 heterocycles. The highest BCUT2D eigenvalue weighted by atomic mass is 15.2. The first-order valence-corrected chi connectivity index (χ1v) is 9.83. The molecule has 0 atom stereocenters. The van der Waals surface area contributed by atoms with E-state index < -0.39 is 0 Å². The van der Waals surface area contributed by atoms with E-state index in [1.165, 1.54) is 90.1 Å². The van der Waals surface area contributed by atoms with Gasteiger partial charge in [-0.15, -0.1) is 0 Å². The number of piperidine rings is 1. The Kier molecular flexibility index (Phi) is 8.10. The van der Waals surface area contributed by atoms with Gasteiger partial charge in [-0.2, -0.15) is 0 Å². The Morgan fingerprint density at radius 1 is 0.857 bits per heavy atom. The number of hydrogen-bond acceptors (Lipinski definition) is 2. The maximum atomic E-state index is 4.03. The molecular formula is C19H38N2. The van der Waals surface area contributed by atoms with Crippen molar-refractivity contribution in [1.82, 2.24) is 10.2 Å². The molecule has 0 bridgehead atoms. The molecule has 2 rings (SSSR count). The topological polar surface area (TPSA) is 15.3 Å². The van der Waals surface area contributed by atoms with Gasteiger partial charge in [0.1, 0.15) is 0 Å². The smallest absolute Gasteiger partial charge is 0.00964 e. The molecule has 1 saturated heterocycles. The van der Waals surface area contributed by atoms with Gasteiger partial charge in [-0.25, -0.2) is 0 Å². The molecule has 2 aliphatic rings. The molecule has 0 amide bonds. The lowest BCUT2D eigenvalue weighted by atomic mass is 9.98. The van der Waals surface area contributed by atoms with Crippen molar-refractivity contribution in [3.05, 3.63) is 0 Å². The first kappa shape index (κ1) is 17.3. The van der Waals surface area contributed by atoms with Gasteiger partial charge in [-0.05, 0) is 51.6 Å². The predicted octanol–water partition coefficient (Wildman–Crippen LogP) is 4.73. The maximum absolute atomic E-state index is 4.03. The van der Waals surface area contributed by atoms with E-state index >= 15 is 0 Å². The van der Waals surface area contributed by atoms with E-state index in [1.807, 2.05) is 0 Å². The van der Waals surface area contributed by atoms with Crippen LogP contribution < -0.4 is 5.32 Å². The molecule has 1 aliphatic carbocycles. The Hall–Kier alpha value is -0.0800. The molecule has 0 radical (unpaired) electrons. The van der Waals surface area contributed by atoms with Crippen molar-refractivity contribution < 1.29 is 0 Å². The first-order valence-electron chi connectivity index (χ1n) is 9.83. The second-order valence-electron chi connectivity index (χ2n) is 7.40. The monoisotopic (exact) mass is 294 g/mol. The van der Waals surface area contributed by atoms with Crippen LogP contribution >= 0.6 is 0 Å². The molecule has 0 unspecified atom stereocenters. The molecule has 0 aromatic heterocycles. The molecule has 1 saturated carbocycles. The van der Waals surface area contributed by atoms with E-state index in [0.29, 0.717) is 0 Å². The van der Waals surface area contributed by atoms with Crippen LogP contribution in [-0.4, -0.2) is 36.1 Å². The number of nitrogens with zero attached hydrogens (tertiary/aromatic N) is 1. The van der Waals surface area contributed by atoms with Crippen LogP contribution in [0.2, 0.25) is 0 Å². The van der Waals surface area contributed by atoms with Gasteiger partial charge in [0.15, 0.2) is 0 Å². The van der Waals surface area contributed by atoms with Crippen LogP contribution in [0.3, 0.4) is 0 Å². The van der Waals surface area contributed by atoms with E-state index in [4.69, 9.17) is 0 Å². The van der Waals surface area contributed by atoms with Crippen molar-refractivity contribution in [2.45, 2.75) is 109 Å². The third kappa shape index (κ3) is 6.69. The average molecular weight is 295 g/mol. The largest absolute Gasteiger partial charge is 0.311 e. The zero-order valence-corrected chi connectivity index (χ0v) is 14.6. The number of likely N-dealkylation sites (tertiary alicyclic amines) is 1. The summed E-state index contributed by atoms with van der Waals surface area (Å²) in [5, 5.41) is 4.03. The molecule has 2 fully saturated rings. The second kappa shape index (κ2) is 9.84. The van der Waals surface area contributed by atoms with Crippen molar-refractivity contribution in [3.63, 3.8) is 0 Å². The lowest BCUT2D eigenvalue weighted by Crippen LogP contribution is -2.46. The minimum absolute atomic E-state index is 0.792. The van der Waals surface area contributed by atoms with Crippen molar-refractivity contribution in [2.75, 3.05) is 13.1 Å². The third-order valence-electron chi connectivity index (χ3n) is 5.38. The predicted molar refractivity (Wildman–Crippen MR) is 92.8 cm³/mol. The summed E-state index contributed by atoms with van der Waals surface area (Å²) in [7, 11) is 0. The normalized spacial score (nSPS) is 21.3. The van der Waals surface area contributed by atoms with Crippen LogP contribution in [-0.2, 0) is 0 Å². The molecule has 0 aromatic rings. The Labute approximate surface area is 133 Å². The van der Waals surface area contributed by atoms with Crippen LogP contribution in [0.25, 0.3) is 0 Å². The summed E-state index contributed by atoms with van der Waals surface area (Å²) < 4.78 is 0. The first-order chi connectivity index (χ1) is 10.3. The summed E-state index contributed by atoms with van der Waals surface area (Å²) in [5.41, 5.74) is 0. The van der Waals surface area contributed by atoms with Gasteiger partial charge in [0.05, 0.1) is 0 Å². The summed E-state index contributed by atoms with van der Waals surface area (Å²) >= 11 is 0. The lowest BCUT2D eigenvalue weighted by molar-refractivity contribution is 0.179. The van der Waals surface area contributed by atoms with Crippen LogP contribution in [0, 0.1) is 0 Å². The summed E-state index contributed by atoms with van der Waals surface area (Å²) in [5.74, 6) is 0. The van der Waals surface area contributed by atoms with Gasteiger partial charge < -0.3 is 10.2 Å². The van der Waals surface area contributed by atoms with Gasteiger partial charge in [0.25, 0.3) is 0 Å². The fourth-order valence-electron chi connectivity index (χ4n) is 3.80. The molecule has 0 aromatic carbocycles. The number of hydrogen-bond donors (Lipinski definition) is 1. The third-order valence-corrected chi connectivity index (χ3v) is 5.38. The highest BCUT2D eigenvalue weighted by Crippen LogP contribution is 2.29. The summed E-state index contributed by atoms with van der Waals surface area (Å²) in [6.45, 7) is 7.32. The zero-order chi connectivity index (χ0) is 14.9. The second-order valence-corrected chi connectivity index (χ2v) is 7.40. The lowest BCUT2D eigenvalue weighted by Gasteiger charge is -2.35. The highest BCUT2D eigenvalue weighted by molar-refractivity contribution is 4.89. The van der Waals surface area contributed by atoms with E-state index in [1.54, 1.807) is 0 Å². The van der Waals surface area contributed by atoms with E-state index in [0.717, 1.165) is 18.1 Å². The number of nitrogens with one attached hydrogen (secondary N) is 1. The molecule has 1 N–H and O–H groups in total. The minimum Gasteiger partial charge on any atom is -0.311 e. The van der Waals surface area contributed by atoms with Crippen molar-refractivity contribution in [1.29, 1.82) is 0 Å². The minimum atomic E-state index is 0.792. The quantitative estimate of drug-likeness (QED) is 0.554. The van der Waals surface area contributed by atoms with E-state index in [2.05, 4.69) is 24.1 Å². The SMILES string of the molecule is CCCCCC(CCCCC)NC1CCN(C2CC2)CC1. The van der Waals surface area contributed by atoms with E-state index in [9.17, 15) is 0 Å². The van der Waals surface area contributed by atoms with Gasteiger partial charge in [-0.1, -0.05) is 52.4 Å². The fraction of sp³-hybridized carbons (Fsp3) is 1.00. The zero-order valence-electron chi connectivity index (χ0n) is 14.6. The molecule has 0 spiro atoms. The Morgan fingerprint density at radius 2 is 1.43 bits per heavy atom. The van der Waals surface area contributed by atoms with Crippen LogP contribution in [0.4, 0.5) is 0 Å². The van der Waals surface area contributed by atoms with Crippen molar-refractivity contribution >= 4 is 0 Å². The Bertz CT molecular complexity index is 244. The van der Waals surface area contributed by atoms with Gasteiger partial charge in [0.2, 0.25) is 0 Å². The molecule has 124 valence electrons. The van der Waals surface area contributed by atoms with Crippen LogP contribution in [0.15, 0.2) is 0 Å². The van der Waals surface area contributed by atoms with Crippen molar-refractivity contribution in [2.24, 2.45) is 0 Å². The molecule has 2 heteroatoms. The summed E-state index contributed by atoms with van der Waals surface area (Å²) in [6, 6.07) is 2.56. The standard InChI is InChI=1S/C19H38N2/c1-3-5-7-9-17(10-8-6-4-2)20-18-13-15-21(16-14-18)19-11-12-19/h17-20H,3-16H2,1-2H3. The van der Waals surface area contributed by atoms with Crippen LogP contribution in [0.5, 0.6) is 0 Å². The fourth-order valence-corrected chi connectivity index (χ4v) is 3.80. The molecule has 21 heavy (non-hydrogen) atoms. The van der Waals surface area contributed by atoms with Gasteiger partial charge >= 0.3 is 0 Å². The van der Waals surface area contributed by atoms with E-state index in [-0.39, 0.29) is 0 Å². The Balaban J connectivity index is 1.66. The number of unbranched alkanes of at least 4 members (excludes halogenated alkanes) is 4. The molecular weight excluding hydrogens is 256 g/mol.